The zero-order chi connectivity index (χ0) is 24.9. The summed E-state index contributed by atoms with van der Waals surface area (Å²) >= 11 is 0. The Kier molecular flexibility index (Phi) is 5.50. The van der Waals surface area contributed by atoms with Crippen molar-refractivity contribution in [3.63, 3.8) is 0 Å². The summed E-state index contributed by atoms with van der Waals surface area (Å²) in [6, 6.07) is 7.69. The number of pyridine rings is 1. The van der Waals surface area contributed by atoms with E-state index >= 15 is 0 Å². The maximum absolute atomic E-state index is 14.7. The maximum atomic E-state index is 14.7. The largest absolute Gasteiger partial charge is 0.495 e. The first kappa shape index (κ1) is 22.6. The third-order valence-electron chi connectivity index (χ3n) is 5.88. The Morgan fingerprint density at radius 3 is 2.34 bits per heavy atom. The lowest BCUT2D eigenvalue weighted by Crippen LogP contribution is -2.12. The minimum Gasteiger partial charge on any atom is -0.495 e. The second-order valence-electron chi connectivity index (χ2n) is 8.13. The van der Waals surface area contributed by atoms with Crippen LogP contribution in [0.25, 0.3) is 28.3 Å². The molecular weight excluding hydrogens is 462 g/mol. The zero-order valence-corrected chi connectivity index (χ0v) is 18.9. The van der Waals surface area contributed by atoms with Crippen molar-refractivity contribution in [2.75, 3.05) is 7.11 Å². The van der Waals surface area contributed by atoms with Crippen molar-refractivity contribution < 1.29 is 22.3 Å². The van der Waals surface area contributed by atoms with E-state index in [-0.39, 0.29) is 5.56 Å². The van der Waals surface area contributed by atoms with Crippen molar-refractivity contribution in [1.82, 2.24) is 24.3 Å². The molecule has 0 bridgehead atoms. The maximum Gasteiger partial charge on any atom is 0.194 e. The molecule has 2 aliphatic rings. The van der Waals surface area contributed by atoms with Gasteiger partial charge in [-0.2, -0.15) is 0 Å². The predicted molar refractivity (Wildman–Crippen MR) is 121 cm³/mol. The fraction of sp³-hybridized carbons (Fsp3) is 0.160. The number of rotatable bonds is 5. The highest BCUT2D eigenvalue weighted by Gasteiger charge is 2.24. The Hall–Kier alpha value is -4.21. The van der Waals surface area contributed by atoms with E-state index in [9.17, 15) is 17.6 Å². The first-order valence-corrected chi connectivity index (χ1v) is 10.6. The predicted octanol–water partition coefficient (Wildman–Crippen LogP) is 5.72. The van der Waals surface area contributed by atoms with Crippen LogP contribution in [-0.2, 0) is 0 Å². The van der Waals surface area contributed by atoms with Gasteiger partial charge in [-0.25, -0.2) is 22.5 Å². The molecule has 1 atom stereocenters. The molecule has 35 heavy (non-hydrogen) atoms. The summed E-state index contributed by atoms with van der Waals surface area (Å²) in [6.45, 7) is 3.48. The summed E-state index contributed by atoms with van der Waals surface area (Å²) < 4.78 is 64.5. The van der Waals surface area contributed by atoms with Crippen molar-refractivity contribution in [2.24, 2.45) is 0 Å². The first-order valence-electron chi connectivity index (χ1n) is 10.6. The number of imidazole rings is 1. The van der Waals surface area contributed by atoms with E-state index < -0.39 is 29.3 Å². The number of aryl methyl sites for hydroxylation is 1. The van der Waals surface area contributed by atoms with Crippen LogP contribution < -0.4 is 4.74 Å². The second kappa shape index (κ2) is 8.53. The number of fused-ring (bicyclic) bond motifs is 1. The molecule has 1 aromatic heterocycles. The van der Waals surface area contributed by atoms with Crippen molar-refractivity contribution >= 4 is 0 Å². The first-order chi connectivity index (χ1) is 16.8. The van der Waals surface area contributed by atoms with Gasteiger partial charge in [0.25, 0.3) is 0 Å². The molecule has 10 heteroatoms. The molecule has 6 nitrogen and oxygen atoms in total. The van der Waals surface area contributed by atoms with Crippen molar-refractivity contribution in [2.45, 2.75) is 19.9 Å². The molecule has 3 heterocycles. The van der Waals surface area contributed by atoms with Gasteiger partial charge in [0.1, 0.15) is 17.3 Å². The lowest BCUT2D eigenvalue weighted by Gasteiger charge is -2.20. The number of nitrogens with zero attached hydrogens (tertiary/aromatic N) is 5. The van der Waals surface area contributed by atoms with E-state index in [4.69, 9.17) is 4.74 Å². The molecule has 0 spiro atoms. The Morgan fingerprint density at radius 2 is 1.69 bits per heavy atom. The van der Waals surface area contributed by atoms with Crippen molar-refractivity contribution in [3.05, 3.63) is 89.6 Å². The highest BCUT2D eigenvalue weighted by atomic mass is 19.2. The highest BCUT2D eigenvalue weighted by molar-refractivity contribution is 5.80. The van der Waals surface area contributed by atoms with Crippen LogP contribution in [0.2, 0.25) is 0 Å². The molecule has 2 aromatic carbocycles. The van der Waals surface area contributed by atoms with E-state index in [2.05, 4.69) is 15.2 Å². The molecular formula is C25H19F4N5O. The summed E-state index contributed by atoms with van der Waals surface area (Å²) in [5, 5.41) is 8.47. The van der Waals surface area contributed by atoms with Crippen LogP contribution in [0.15, 0.2) is 55.1 Å². The molecule has 1 unspecified atom stereocenters. The van der Waals surface area contributed by atoms with Crippen LogP contribution in [0.5, 0.6) is 5.75 Å². The Labute approximate surface area is 197 Å². The van der Waals surface area contributed by atoms with Crippen LogP contribution >= 0.6 is 0 Å². The quantitative estimate of drug-likeness (QED) is 0.238. The Morgan fingerprint density at radius 1 is 0.943 bits per heavy atom. The number of benzene rings is 2. The van der Waals surface area contributed by atoms with E-state index in [0.717, 1.165) is 29.7 Å². The fourth-order valence-corrected chi connectivity index (χ4v) is 4.08. The number of methoxy groups -OCH3 is 1. The van der Waals surface area contributed by atoms with Crippen molar-refractivity contribution in [3.8, 4) is 34.1 Å². The molecule has 0 fully saturated rings. The molecule has 0 aliphatic carbocycles. The topological polar surface area (TPSA) is 57.8 Å². The molecule has 178 valence electrons. The number of hydrogen-bond donors (Lipinski definition) is 0. The van der Waals surface area contributed by atoms with Gasteiger partial charge in [0.2, 0.25) is 0 Å². The molecule has 0 saturated carbocycles. The van der Waals surface area contributed by atoms with Crippen LogP contribution in [0.4, 0.5) is 17.6 Å². The molecule has 0 saturated heterocycles. The number of aromatic nitrogens is 5. The standard InChI is InChI=1S/C25H19F4N5O/c1-13-10-33(12-30-13)21-5-4-15(8-22(21)35-3)24-18-9-17(26)11-34(25(18)32-31-24)14(2)16-6-19(27)23(29)20(28)7-16/h4-12,14H,1-3H3. The Balaban J connectivity index is 1.57. The van der Waals surface area contributed by atoms with E-state index in [1.54, 1.807) is 25.4 Å². The number of hydrogen-bond acceptors (Lipinski definition) is 4. The van der Waals surface area contributed by atoms with Crippen LogP contribution in [0.3, 0.4) is 0 Å². The fourth-order valence-electron chi connectivity index (χ4n) is 4.08. The van der Waals surface area contributed by atoms with Crippen LogP contribution in [0, 0.1) is 30.2 Å². The minimum atomic E-state index is -1.56. The van der Waals surface area contributed by atoms with Gasteiger partial charge in [-0.05, 0) is 49.7 Å². The molecule has 3 aromatic rings. The monoisotopic (exact) mass is 481 g/mol. The number of halogens is 4. The van der Waals surface area contributed by atoms with Gasteiger partial charge in [-0.3, -0.25) is 0 Å². The smallest absolute Gasteiger partial charge is 0.194 e. The summed E-state index contributed by atoms with van der Waals surface area (Å²) in [6.07, 6.45) is 4.69. The highest BCUT2D eigenvalue weighted by Crippen LogP contribution is 2.37. The molecule has 5 rings (SSSR count). The van der Waals surface area contributed by atoms with E-state index in [1.807, 2.05) is 23.8 Å². The van der Waals surface area contributed by atoms with Crippen LogP contribution in [-0.4, -0.2) is 31.4 Å². The van der Waals surface area contributed by atoms with Crippen molar-refractivity contribution in [1.29, 1.82) is 0 Å². The van der Waals surface area contributed by atoms with E-state index in [0.29, 0.717) is 28.4 Å². The summed E-state index contributed by atoms with van der Waals surface area (Å²) in [5.41, 5.74) is 3.16. The van der Waals surface area contributed by atoms with Gasteiger partial charge >= 0.3 is 0 Å². The average molecular weight is 481 g/mol. The third-order valence-corrected chi connectivity index (χ3v) is 5.88. The number of ether oxygens (including phenoxy) is 1. The summed E-state index contributed by atoms with van der Waals surface area (Å²) in [5.74, 6) is -3.96. The summed E-state index contributed by atoms with van der Waals surface area (Å²) in [7, 11) is 1.54. The summed E-state index contributed by atoms with van der Waals surface area (Å²) in [4.78, 5) is 4.23. The minimum absolute atomic E-state index is 0.115. The normalized spacial score (nSPS) is 12.3. The van der Waals surface area contributed by atoms with Gasteiger partial charge in [-0.1, -0.05) is 6.07 Å². The SMILES string of the molecule is COc1cc(-c2nnc3n(C(C)c4cc(F)c(F)c(F)c4)cc(F)cc2-3)ccc1-n1cnc(C)c1. The molecule has 0 amide bonds. The van der Waals surface area contributed by atoms with E-state index in [1.165, 1.54) is 17.7 Å². The lowest BCUT2D eigenvalue weighted by atomic mass is 10.0. The van der Waals surface area contributed by atoms with Gasteiger partial charge in [0.15, 0.2) is 23.3 Å². The van der Waals surface area contributed by atoms with Gasteiger partial charge < -0.3 is 13.9 Å². The lowest BCUT2D eigenvalue weighted by molar-refractivity contribution is 0.413. The Bertz CT molecular complexity index is 1500. The molecule has 0 radical (unpaired) electrons. The van der Waals surface area contributed by atoms with Gasteiger partial charge in [0, 0.05) is 18.0 Å². The van der Waals surface area contributed by atoms with Gasteiger partial charge in [-0.15, -0.1) is 10.2 Å². The third kappa shape index (κ3) is 3.90. The van der Waals surface area contributed by atoms with Gasteiger partial charge in [0.05, 0.1) is 36.4 Å². The van der Waals surface area contributed by atoms with Crippen LogP contribution in [0.1, 0.15) is 24.2 Å². The molecule has 0 N–H and O–H groups in total. The second-order valence-corrected chi connectivity index (χ2v) is 8.13. The molecule has 2 aliphatic heterocycles. The zero-order valence-electron chi connectivity index (χ0n) is 18.9. The average Bonchev–Trinajstić information content (AvgIpc) is 3.47.